The molecular formula is C16H23FN2O2. The first-order chi connectivity index (χ1) is 10.3. The molecule has 2 aliphatic heterocycles. The molecule has 0 radical (unpaired) electrons. The lowest BCUT2D eigenvalue weighted by Crippen LogP contribution is -2.28. The van der Waals surface area contributed by atoms with Crippen LogP contribution in [0.1, 0.15) is 19.3 Å². The Kier molecular flexibility index (Phi) is 4.93. The van der Waals surface area contributed by atoms with Crippen LogP contribution in [0.5, 0.6) is 5.75 Å². The molecule has 0 bridgehead atoms. The molecule has 116 valence electrons. The Morgan fingerprint density at radius 2 is 2.24 bits per heavy atom. The molecule has 3 rings (SSSR count). The second-order valence-electron chi connectivity index (χ2n) is 5.65. The maximum Gasteiger partial charge on any atom is 0.150 e. The van der Waals surface area contributed by atoms with E-state index in [1.165, 1.54) is 6.07 Å². The Balaban J connectivity index is 1.61. The Bertz CT molecular complexity index is 456. The number of hydrogen-bond acceptors (Lipinski definition) is 4. The number of nitrogens with one attached hydrogen (secondary N) is 1. The van der Waals surface area contributed by atoms with Gasteiger partial charge in [-0.25, -0.2) is 4.39 Å². The quantitative estimate of drug-likeness (QED) is 0.923. The Morgan fingerprint density at radius 1 is 1.29 bits per heavy atom. The summed E-state index contributed by atoms with van der Waals surface area (Å²) in [6.07, 6.45) is 3.31. The molecule has 0 saturated carbocycles. The third kappa shape index (κ3) is 3.86. The van der Waals surface area contributed by atoms with Gasteiger partial charge in [0, 0.05) is 32.3 Å². The summed E-state index contributed by atoms with van der Waals surface area (Å²) in [5.41, 5.74) is 0.670. The van der Waals surface area contributed by atoms with E-state index in [2.05, 4.69) is 10.2 Å². The van der Waals surface area contributed by atoms with Crippen LogP contribution in [-0.4, -0.2) is 45.5 Å². The highest BCUT2D eigenvalue weighted by atomic mass is 19.1. The van der Waals surface area contributed by atoms with Crippen LogP contribution in [0.2, 0.25) is 0 Å². The van der Waals surface area contributed by atoms with Crippen molar-refractivity contribution >= 4 is 5.69 Å². The Labute approximate surface area is 125 Å². The summed E-state index contributed by atoms with van der Waals surface area (Å²) in [6, 6.07) is 5.17. The molecule has 1 unspecified atom stereocenters. The molecule has 1 aromatic carbocycles. The number of anilines is 1. The van der Waals surface area contributed by atoms with Crippen molar-refractivity contribution in [3.63, 3.8) is 0 Å². The molecule has 2 fully saturated rings. The van der Waals surface area contributed by atoms with Crippen molar-refractivity contribution in [2.24, 2.45) is 0 Å². The standard InChI is InChI=1S/C16H23FN2O2/c17-15-11-13(21-12-14-3-1-10-20-14)4-5-16(15)19-8-2-6-18-7-9-19/h4-5,11,14,18H,1-3,6-10,12H2. The highest BCUT2D eigenvalue weighted by molar-refractivity contribution is 5.50. The zero-order valence-electron chi connectivity index (χ0n) is 12.3. The first kappa shape index (κ1) is 14.6. The van der Waals surface area contributed by atoms with E-state index in [1.54, 1.807) is 0 Å². The molecule has 0 aliphatic carbocycles. The largest absolute Gasteiger partial charge is 0.491 e. The molecule has 1 atom stereocenters. The van der Waals surface area contributed by atoms with Crippen LogP contribution in [0.25, 0.3) is 0 Å². The number of hydrogen-bond donors (Lipinski definition) is 1. The molecule has 0 amide bonds. The zero-order chi connectivity index (χ0) is 14.5. The number of benzene rings is 1. The van der Waals surface area contributed by atoms with Gasteiger partial charge < -0.3 is 19.7 Å². The molecule has 2 saturated heterocycles. The number of rotatable bonds is 4. The van der Waals surface area contributed by atoms with Crippen molar-refractivity contribution < 1.29 is 13.9 Å². The molecule has 0 spiro atoms. The minimum absolute atomic E-state index is 0.157. The van der Waals surface area contributed by atoms with Crippen LogP contribution >= 0.6 is 0 Å². The third-order valence-corrected chi connectivity index (χ3v) is 4.06. The van der Waals surface area contributed by atoms with E-state index in [1.807, 2.05) is 12.1 Å². The van der Waals surface area contributed by atoms with E-state index in [9.17, 15) is 4.39 Å². The summed E-state index contributed by atoms with van der Waals surface area (Å²) in [4.78, 5) is 2.10. The normalized spacial score (nSPS) is 23.1. The predicted octanol–water partition coefficient (Wildman–Crippen LogP) is 2.18. The van der Waals surface area contributed by atoms with Crippen LogP contribution in [0, 0.1) is 5.82 Å². The fourth-order valence-electron chi connectivity index (χ4n) is 2.89. The van der Waals surface area contributed by atoms with Crippen molar-refractivity contribution in [3.8, 4) is 5.75 Å². The molecule has 4 nitrogen and oxygen atoms in total. The van der Waals surface area contributed by atoms with Gasteiger partial charge in [0.15, 0.2) is 0 Å². The minimum atomic E-state index is -0.207. The van der Waals surface area contributed by atoms with Gasteiger partial charge in [-0.05, 0) is 37.9 Å². The Morgan fingerprint density at radius 3 is 3.05 bits per heavy atom. The van der Waals surface area contributed by atoms with Gasteiger partial charge in [-0.15, -0.1) is 0 Å². The van der Waals surface area contributed by atoms with Crippen LogP contribution in [0.4, 0.5) is 10.1 Å². The number of halogens is 1. The lowest BCUT2D eigenvalue weighted by Gasteiger charge is -2.23. The first-order valence-electron chi connectivity index (χ1n) is 7.82. The summed E-state index contributed by atoms with van der Waals surface area (Å²) >= 11 is 0. The van der Waals surface area contributed by atoms with Gasteiger partial charge in [0.2, 0.25) is 0 Å². The van der Waals surface area contributed by atoms with E-state index in [0.717, 1.165) is 52.0 Å². The molecule has 21 heavy (non-hydrogen) atoms. The van der Waals surface area contributed by atoms with E-state index < -0.39 is 0 Å². The summed E-state index contributed by atoms with van der Waals surface area (Å²) < 4.78 is 25.4. The van der Waals surface area contributed by atoms with Gasteiger partial charge in [-0.1, -0.05) is 0 Å². The summed E-state index contributed by atoms with van der Waals surface area (Å²) in [5, 5.41) is 3.33. The van der Waals surface area contributed by atoms with Crippen molar-refractivity contribution in [1.29, 1.82) is 0 Å². The van der Waals surface area contributed by atoms with Gasteiger partial charge in [-0.2, -0.15) is 0 Å². The molecule has 2 aliphatic rings. The number of ether oxygens (including phenoxy) is 2. The fraction of sp³-hybridized carbons (Fsp3) is 0.625. The molecule has 1 N–H and O–H groups in total. The van der Waals surface area contributed by atoms with E-state index in [4.69, 9.17) is 9.47 Å². The average Bonchev–Trinajstić information content (AvgIpc) is 2.87. The fourth-order valence-corrected chi connectivity index (χ4v) is 2.89. The number of nitrogens with zero attached hydrogens (tertiary/aromatic N) is 1. The smallest absolute Gasteiger partial charge is 0.150 e. The Hall–Kier alpha value is -1.33. The summed E-state index contributed by atoms with van der Waals surface area (Å²) in [5.74, 6) is 0.376. The first-order valence-corrected chi connectivity index (χ1v) is 7.82. The highest BCUT2D eigenvalue weighted by Crippen LogP contribution is 2.25. The van der Waals surface area contributed by atoms with Gasteiger partial charge in [0.05, 0.1) is 11.8 Å². The molecule has 5 heteroatoms. The topological polar surface area (TPSA) is 33.7 Å². The second kappa shape index (κ2) is 7.09. The van der Waals surface area contributed by atoms with Gasteiger partial charge in [0.1, 0.15) is 18.2 Å². The lowest BCUT2D eigenvalue weighted by molar-refractivity contribution is 0.0678. The molecular weight excluding hydrogens is 271 g/mol. The zero-order valence-corrected chi connectivity index (χ0v) is 12.3. The molecule has 1 aromatic rings. The van der Waals surface area contributed by atoms with Gasteiger partial charge >= 0.3 is 0 Å². The van der Waals surface area contributed by atoms with Crippen molar-refractivity contribution in [2.75, 3.05) is 44.3 Å². The van der Waals surface area contributed by atoms with Crippen LogP contribution < -0.4 is 15.0 Å². The second-order valence-corrected chi connectivity index (χ2v) is 5.65. The minimum Gasteiger partial charge on any atom is -0.491 e. The van der Waals surface area contributed by atoms with Crippen molar-refractivity contribution in [2.45, 2.75) is 25.4 Å². The van der Waals surface area contributed by atoms with Gasteiger partial charge in [0.25, 0.3) is 0 Å². The summed E-state index contributed by atoms with van der Waals surface area (Å²) in [6.45, 7) is 4.95. The van der Waals surface area contributed by atoms with Crippen LogP contribution in [0.15, 0.2) is 18.2 Å². The third-order valence-electron chi connectivity index (χ3n) is 4.06. The van der Waals surface area contributed by atoms with Gasteiger partial charge in [-0.3, -0.25) is 0 Å². The lowest BCUT2D eigenvalue weighted by atomic mass is 10.2. The van der Waals surface area contributed by atoms with E-state index >= 15 is 0 Å². The van der Waals surface area contributed by atoms with Crippen molar-refractivity contribution in [1.82, 2.24) is 5.32 Å². The van der Waals surface area contributed by atoms with Crippen LogP contribution in [-0.2, 0) is 4.74 Å². The maximum atomic E-state index is 14.3. The molecule has 0 aromatic heterocycles. The monoisotopic (exact) mass is 294 g/mol. The van der Waals surface area contributed by atoms with E-state index in [0.29, 0.717) is 18.0 Å². The predicted molar refractivity (Wildman–Crippen MR) is 80.6 cm³/mol. The SMILES string of the molecule is Fc1cc(OCC2CCCO2)ccc1N1CCCNCC1. The molecule has 2 heterocycles. The maximum absolute atomic E-state index is 14.3. The van der Waals surface area contributed by atoms with E-state index in [-0.39, 0.29) is 11.9 Å². The van der Waals surface area contributed by atoms with Crippen LogP contribution in [0.3, 0.4) is 0 Å². The van der Waals surface area contributed by atoms with Crippen molar-refractivity contribution in [3.05, 3.63) is 24.0 Å². The highest BCUT2D eigenvalue weighted by Gasteiger charge is 2.17. The summed E-state index contributed by atoms with van der Waals surface area (Å²) in [7, 11) is 0. The average molecular weight is 294 g/mol.